The number of nitrogens with zero attached hydrogens (tertiary/aromatic N) is 4. The molecule has 3 aliphatic rings. The van der Waals surface area contributed by atoms with Crippen molar-refractivity contribution in [3.05, 3.63) is 94.1 Å². The van der Waals surface area contributed by atoms with Crippen molar-refractivity contribution in [2.24, 2.45) is 16.5 Å². The fourth-order valence-electron chi connectivity index (χ4n) is 6.55. The fourth-order valence-corrected chi connectivity index (χ4v) is 6.74. The summed E-state index contributed by atoms with van der Waals surface area (Å²) >= 11 is 5.43. The van der Waals surface area contributed by atoms with Crippen LogP contribution in [0, 0.1) is 0 Å². The van der Waals surface area contributed by atoms with Gasteiger partial charge in [0.25, 0.3) is 0 Å². The van der Waals surface area contributed by atoms with E-state index >= 15 is 0 Å². The van der Waals surface area contributed by atoms with Crippen molar-refractivity contribution in [1.82, 2.24) is 30.9 Å². The topological polar surface area (TPSA) is 341 Å². The van der Waals surface area contributed by atoms with Gasteiger partial charge in [0.1, 0.15) is 35.6 Å². The summed E-state index contributed by atoms with van der Waals surface area (Å²) in [6.45, 7) is 0.0262. The van der Waals surface area contributed by atoms with Gasteiger partial charge in [-0.2, -0.15) is 0 Å². The first-order chi connectivity index (χ1) is 29.1. The molecule has 2 amide bonds. The van der Waals surface area contributed by atoms with Crippen LogP contribution < -0.4 is 38.2 Å². The Hall–Kier alpha value is -7.63. The quantitative estimate of drug-likeness (QED) is 0.0232. The van der Waals surface area contributed by atoms with Gasteiger partial charge in [-0.25, -0.2) is 19.3 Å². The maximum Gasteiger partial charge on any atom is 0.407 e. The summed E-state index contributed by atoms with van der Waals surface area (Å²) in [5, 5.41) is 60.1. The Morgan fingerprint density at radius 3 is 2.57 bits per heavy atom. The van der Waals surface area contributed by atoms with Crippen LogP contribution in [0.2, 0.25) is 0 Å². The van der Waals surface area contributed by atoms with Crippen LogP contribution in [0.15, 0.2) is 86.8 Å². The van der Waals surface area contributed by atoms with E-state index in [1.165, 1.54) is 54.2 Å². The van der Waals surface area contributed by atoms with Crippen molar-refractivity contribution in [3.8, 4) is 28.2 Å². The number of benzene rings is 3. The molecular formula is C38H38N10O12S. The third-order valence-electron chi connectivity index (χ3n) is 9.10. The zero-order valence-electron chi connectivity index (χ0n) is 31.8. The monoisotopic (exact) mass is 858 g/mol. The van der Waals surface area contributed by atoms with Gasteiger partial charge in [-0.15, -0.1) is 5.10 Å². The normalized spacial score (nSPS) is 16.9. The molecule has 2 aliphatic heterocycles. The van der Waals surface area contributed by atoms with Crippen molar-refractivity contribution in [2.75, 3.05) is 11.9 Å². The molecule has 0 radical (unpaired) electrons. The van der Waals surface area contributed by atoms with Crippen LogP contribution in [-0.2, 0) is 32.3 Å². The standard InChI is InChI=1S/C38H38N10O12S/c1-17(51)43-32-27(45-36(39)40)11-22(14-49)58-34(32)33(28(54)15-50)60-38(57)41-12-19-13-48(47-46-19)16-42-37(61)44-18-2-5-23(26(8-18)35(55)56)31-24-6-3-20(52)9-29(24)59-30-10-21(53)4-7-25(30)31/h2-11,13-14,27-28,32-34,50,52,54H,12,15-16H2,1H3,(H,41,57)(H,43,51)(H,55,56)(H4,39,40,45)(H2,42,44,61)/t27-,28+,32+,33+,34+/m0/s1. The van der Waals surface area contributed by atoms with Gasteiger partial charge in [-0.05, 0) is 60.3 Å². The van der Waals surface area contributed by atoms with Gasteiger partial charge in [0.05, 0.1) is 37.0 Å². The lowest BCUT2D eigenvalue weighted by Crippen LogP contribution is -2.60. The molecule has 318 valence electrons. The largest absolute Gasteiger partial charge is 0.508 e. The van der Waals surface area contributed by atoms with Crippen LogP contribution in [0.5, 0.6) is 5.75 Å². The molecule has 0 spiro atoms. The number of allylic oxidation sites excluding steroid dienone is 1. The van der Waals surface area contributed by atoms with Gasteiger partial charge in [-0.3, -0.25) is 14.4 Å². The highest BCUT2D eigenvalue weighted by atomic mass is 32.1. The number of nitrogens with one attached hydrogen (secondary N) is 4. The number of alkyl carbamates (subject to hydrolysis) is 1. The van der Waals surface area contributed by atoms with Gasteiger partial charge in [-0.1, -0.05) is 11.3 Å². The number of aliphatic imine (C=N–C) groups is 1. The summed E-state index contributed by atoms with van der Waals surface area (Å²) < 4.78 is 18.3. The number of aromatic carboxylic acids is 1. The first-order valence-electron chi connectivity index (χ1n) is 18.1. The first kappa shape index (κ1) is 43.0. The second-order valence-corrected chi connectivity index (χ2v) is 13.8. The first-order valence-corrected chi connectivity index (χ1v) is 18.5. The minimum absolute atomic E-state index is 0.0228. The van der Waals surface area contributed by atoms with Crippen molar-refractivity contribution >= 4 is 64.2 Å². The Labute approximate surface area is 349 Å². The highest BCUT2D eigenvalue weighted by molar-refractivity contribution is 7.80. The molecule has 23 heteroatoms. The van der Waals surface area contributed by atoms with Gasteiger partial charge in [0.15, 0.2) is 40.8 Å². The number of aldehydes is 1. The number of phenols is 1. The number of guanidine groups is 1. The highest BCUT2D eigenvalue weighted by Crippen LogP contribution is 2.42. The Balaban J connectivity index is 1.09. The van der Waals surface area contributed by atoms with Crippen LogP contribution in [0.4, 0.5) is 10.5 Å². The number of rotatable bonds is 14. The molecule has 0 saturated carbocycles. The number of aromatic hydroxyl groups is 1. The maximum absolute atomic E-state index is 13.0. The lowest BCUT2D eigenvalue weighted by molar-refractivity contribution is -0.129. The summed E-state index contributed by atoms with van der Waals surface area (Å²) in [7, 11) is 0. The smallest absolute Gasteiger partial charge is 0.407 e. The van der Waals surface area contributed by atoms with E-state index in [9.17, 15) is 44.4 Å². The van der Waals surface area contributed by atoms with Crippen LogP contribution in [0.25, 0.3) is 33.4 Å². The van der Waals surface area contributed by atoms with E-state index in [2.05, 4.69) is 36.6 Å². The number of nitrogens with two attached hydrogens (primary N) is 2. The number of carboxylic acids is 1. The lowest BCUT2D eigenvalue weighted by Gasteiger charge is -2.39. The average Bonchev–Trinajstić information content (AvgIpc) is 3.68. The van der Waals surface area contributed by atoms with E-state index in [0.29, 0.717) is 34.1 Å². The highest BCUT2D eigenvalue weighted by Gasteiger charge is 2.45. The second kappa shape index (κ2) is 18.5. The fraction of sp³-hybridized carbons (Fsp3) is 0.237. The number of thiocarbonyl (C=S) groups is 1. The summed E-state index contributed by atoms with van der Waals surface area (Å²) in [4.78, 5) is 65.4. The molecule has 12 N–H and O–H groups in total. The number of phenolic OH excluding ortho intramolecular Hbond substituents is 1. The summed E-state index contributed by atoms with van der Waals surface area (Å²) in [6, 6.07) is 10.9. The lowest BCUT2D eigenvalue weighted by atomic mass is 9.90. The third-order valence-corrected chi connectivity index (χ3v) is 9.35. The molecule has 3 aromatic rings. The van der Waals surface area contributed by atoms with E-state index in [0.717, 1.165) is 0 Å². The number of carboxylic acid groups (broad SMARTS) is 1. The van der Waals surface area contributed by atoms with Crippen molar-refractivity contribution in [1.29, 1.82) is 0 Å². The van der Waals surface area contributed by atoms with Crippen molar-refractivity contribution < 1.29 is 53.5 Å². The number of carbonyl (C=O) groups is 4. The average molecular weight is 859 g/mol. The van der Waals surface area contributed by atoms with E-state index in [4.69, 9.17) is 37.6 Å². The predicted molar refractivity (Wildman–Crippen MR) is 219 cm³/mol. The molecule has 6 rings (SSSR count). The minimum atomic E-state index is -1.75. The van der Waals surface area contributed by atoms with Crippen LogP contribution in [-0.4, -0.2) is 108 Å². The zero-order valence-corrected chi connectivity index (χ0v) is 32.7. The van der Waals surface area contributed by atoms with Gasteiger partial charge >= 0.3 is 12.1 Å². The van der Waals surface area contributed by atoms with E-state index in [1.54, 1.807) is 24.3 Å². The molecule has 22 nitrogen and oxygen atoms in total. The molecule has 0 saturated heterocycles. The molecular weight excluding hydrogens is 821 g/mol. The minimum Gasteiger partial charge on any atom is -0.508 e. The number of hydrogen-bond acceptors (Lipinski definition) is 15. The summed E-state index contributed by atoms with van der Waals surface area (Å²) in [6.07, 6.45) is -2.93. The summed E-state index contributed by atoms with van der Waals surface area (Å²) in [5.74, 6) is -2.36. The molecule has 0 bridgehead atoms. The van der Waals surface area contributed by atoms with Crippen molar-refractivity contribution in [3.63, 3.8) is 0 Å². The van der Waals surface area contributed by atoms with Crippen LogP contribution >= 0.6 is 12.2 Å². The van der Waals surface area contributed by atoms with E-state index in [1.807, 2.05) is 0 Å². The second-order valence-electron chi connectivity index (χ2n) is 13.4. The maximum atomic E-state index is 13.0. The SMILES string of the molecule is CC(=O)N[C@H]1[C@H]([C@H](OC(=O)NCc2cn(CNC(=S)Nc3ccc(-c4c5ccc(=O)cc-5oc5cc(O)ccc45)c(C(=O)O)c3)nn2)[C@H](O)CO)OC(C=O)=C[C@@H]1N=C(N)N. The molecule has 3 heterocycles. The zero-order chi connectivity index (χ0) is 44.0. The molecule has 5 atom stereocenters. The Kier molecular flexibility index (Phi) is 13.0. The van der Waals surface area contributed by atoms with Crippen LogP contribution in [0.3, 0.4) is 0 Å². The Bertz CT molecular complexity index is 2590. The predicted octanol–water partition coefficient (Wildman–Crippen LogP) is 0.0805. The molecule has 61 heavy (non-hydrogen) atoms. The van der Waals surface area contributed by atoms with E-state index in [-0.39, 0.29) is 57.9 Å². The summed E-state index contributed by atoms with van der Waals surface area (Å²) in [5.41, 5.74) is 12.8. The van der Waals surface area contributed by atoms with E-state index < -0.39 is 60.9 Å². The number of hydrogen-bond donors (Lipinski definition) is 10. The molecule has 0 unspecified atom stereocenters. The van der Waals surface area contributed by atoms with Gasteiger partial charge in [0.2, 0.25) is 5.91 Å². The molecule has 2 aromatic carbocycles. The molecule has 0 fully saturated rings. The number of ether oxygens (including phenoxy) is 2. The number of anilines is 1. The van der Waals surface area contributed by atoms with Crippen molar-refractivity contribution in [2.45, 2.75) is 50.5 Å². The number of aliphatic hydroxyl groups excluding tert-OH is 2. The number of aliphatic hydroxyl groups is 2. The third kappa shape index (κ3) is 10.2. The number of amides is 2. The van der Waals surface area contributed by atoms with Gasteiger partial charge < -0.3 is 67.1 Å². The Morgan fingerprint density at radius 1 is 1.10 bits per heavy atom. The van der Waals surface area contributed by atoms with Gasteiger partial charge in [0, 0.05) is 41.3 Å². The Morgan fingerprint density at radius 2 is 1.87 bits per heavy atom. The number of fused-ring (bicyclic) bond motifs is 2. The number of carbonyl (C=O) groups excluding carboxylic acids is 3. The molecule has 1 aromatic heterocycles. The molecule has 1 aliphatic carbocycles. The number of aromatic nitrogens is 3. The van der Waals surface area contributed by atoms with Crippen LogP contribution in [0.1, 0.15) is 23.0 Å².